The fraction of sp³-hybridized carbons (Fsp3) is 0.600. The molecule has 0 amide bonds. The second-order valence-electron chi connectivity index (χ2n) is 11.3. The van der Waals surface area contributed by atoms with Gasteiger partial charge in [-0.15, -0.1) is 0 Å². The maximum absolute atomic E-state index is 13.1. The highest BCUT2D eigenvalue weighted by Crippen LogP contribution is 2.37. The Morgan fingerprint density at radius 3 is 1.89 bits per heavy atom. The highest BCUT2D eigenvalue weighted by molar-refractivity contribution is 6.09. The molecule has 0 spiro atoms. The number of rotatable bonds is 5. The zero-order chi connectivity index (χ0) is 36.0. The van der Waals surface area contributed by atoms with Gasteiger partial charge in [-0.3, -0.25) is 4.79 Å². The van der Waals surface area contributed by atoms with Crippen LogP contribution in [0.25, 0.3) is 28.5 Å². The van der Waals surface area contributed by atoms with E-state index in [1.165, 1.54) is 12.8 Å². The Labute approximate surface area is 279 Å². The molecular weight excluding hydrogens is 554 g/mol. The minimum absolute atomic E-state index is 0.0404. The quantitative estimate of drug-likeness (QED) is 0.287. The molecule has 0 radical (unpaired) electrons. The van der Waals surface area contributed by atoms with Crippen molar-refractivity contribution >= 4 is 28.7 Å². The van der Waals surface area contributed by atoms with Crippen molar-refractivity contribution in [2.75, 3.05) is 18.0 Å². The van der Waals surface area contributed by atoms with Crippen LogP contribution in [0, 0.1) is 10.8 Å². The second-order valence-corrected chi connectivity index (χ2v) is 11.3. The van der Waals surface area contributed by atoms with Crippen molar-refractivity contribution < 1.29 is 9.90 Å². The normalized spacial score (nSPS) is 12.4. The zero-order valence-corrected chi connectivity index (χ0v) is 32.5. The van der Waals surface area contributed by atoms with Gasteiger partial charge in [0.05, 0.1) is 22.3 Å². The Balaban J connectivity index is -0.00000110. The number of carbonyl (C=O) groups is 1. The highest BCUT2D eigenvalue weighted by Gasteiger charge is 2.30. The lowest BCUT2D eigenvalue weighted by molar-refractivity contribution is 0.0860. The first-order valence-corrected chi connectivity index (χ1v) is 17.7. The molecule has 5 nitrogen and oxygen atoms in total. The molecule has 1 N–H and O–H groups in total. The van der Waals surface area contributed by atoms with Crippen molar-refractivity contribution in [3.63, 3.8) is 0 Å². The van der Waals surface area contributed by atoms with Crippen molar-refractivity contribution in [1.29, 1.82) is 0 Å². The van der Waals surface area contributed by atoms with Gasteiger partial charge in [0.15, 0.2) is 5.78 Å². The van der Waals surface area contributed by atoms with Crippen LogP contribution in [0.4, 0.5) is 5.69 Å². The molecule has 258 valence electrons. The third-order valence-corrected chi connectivity index (χ3v) is 6.54. The van der Waals surface area contributed by atoms with Crippen LogP contribution < -0.4 is 4.90 Å². The standard InChI is InChI=1S/C26H31N3O2.C4H10.5C2H6/c1-7-28-15-20(24(31)25(2,3)4)23-22(28)9-8-21(27-23)17-12-18(14-19(30)13-17)29-11-10-26(5,6)16-29;1-3-4-2;5*1-2/h7-9,12-15,30H,1,10-11,16H2,2-6H3;3-4H2,1-2H3;5*1-2H3. The summed E-state index contributed by atoms with van der Waals surface area (Å²) < 4.78 is 1.84. The molecule has 0 saturated carbocycles. The van der Waals surface area contributed by atoms with Crippen LogP contribution in [0.15, 0.2) is 43.1 Å². The van der Waals surface area contributed by atoms with Crippen molar-refractivity contribution in [2.45, 2.75) is 137 Å². The van der Waals surface area contributed by atoms with E-state index in [4.69, 9.17) is 4.98 Å². The molecule has 3 aromatic rings. The molecule has 0 unspecified atom stereocenters. The number of nitrogens with zero attached hydrogens (tertiary/aromatic N) is 3. The number of pyridine rings is 1. The number of aromatic nitrogens is 2. The van der Waals surface area contributed by atoms with Crippen LogP contribution in [0.3, 0.4) is 0 Å². The number of phenols is 1. The Bertz CT molecular complexity index is 1210. The summed E-state index contributed by atoms with van der Waals surface area (Å²) in [4.78, 5) is 20.2. The molecule has 45 heavy (non-hydrogen) atoms. The summed E-state index contributed by atoms with van der Waals surface area (Å²) in [5.74, 6) is 0.257. The summed E-state index contributed by atoms with van der Waals surface area (Å²) >= 11 is 0. The van der Waals surface area contributed by atoms with Crippen molar-refractivity contribution in [3.8, 4) is 17.0 Å². The summed E-state index contributed by atoms with van der Waals surface area (Å²) in [6.07, 6.45) is 7.25. The molecule has 1 aromatic carbocycles. The second kappa shape index (κ2) is 24.2. The number of benzene rings is 1. The molecule has 1 fully saturated rings. The van der Waals surface area contributed by atoms with Crippen LogP contribution in [-0.2, 0) is 0 Å². The third kappa shape index (κ3) is 14.3. The molecule has 1 aliphatic heterocycles. The number of Topliss-reactive ketones (excluding diaryl/α,β-unsaturated/α-hetero) is 1. The number of carbonyl (C=O) groups excluding carboxylic acids is 1. The molecular formula is C40H71N3O2. The molecule has 3 heterocycles. The third-order valence-electron chi connectivity index (χ3n) is 6.54. The summed E-state index contributed by atoms with van der Waals surface area (Å²) in [7, 11) is 0. The van der Waals surface area contributed by atoms with Gasteiger partial charge in [-0.25, -0.2) is 4.98 Å². The SMILES string of the molecule is C=Cn1cc(C(=O)C(C)(C)C)c2nc(-c3cc(O)cc(N4CCC(C)(C)C4)c3)ccc21.CC.CC.CC.CC.CC.CCCC. The number of phenolic OH excluding ortho intramolecular Hbond substituents is 1. The van der Waals surface area contributed by atoms with Crippen molar-refractivity contribution in [3.05, 3.63) is 48.7 Å². The van der Waals surface area contributed by atoms with E-state index in [-0.39, 0.29) is 16.9 Å². The van der Waals surface area contributed by atoms with Crippen LogP contribution in [0.2, 0.25) is 0 Å². The van der Waals surface area contributed by atoms with E-state index >= 15 is 0 Å². The fourth-order valence-electron chi connectivity index (χ4n) is 4.27. The first-order valence-electron chi connectivity index (χ1n) is 17.7. The molecule has 1 saturated heterocycles. The van der Waals surface area contributed by atoms with E-state index in [0.29, 0.717) is 11.1 Å². The minimum atomic E-state index is -0.515. The number of ketones is 1. The molecule has 0 atom stereocenters. The Morgan fingerprint density at radius 1 is 0.933 bits per heavy atom. The lowest BCUT2D eigenvalue weighted by atomic mass is 9.87. The highest BCUT2D eigenvalue weighted by atomic mass is 16.3. The molecule has 4 rings (SSSR count). The molecule has 0 bridgehead atoms. The van der Waals surface area contributed by atoms with E-state index in [1.807, 2.05) is 119 Å². The van der Waals surface area contributed by atoms with Crippen LogP contribution in [0.1, 0.15) is 147 Å². The first-order chi connectivity index (χ1) is 21.4. The van der Waals surface area contributed by atoms with Gasteiger partial charge < -0.3 is 14.6 Å². The number of unbranched alkanes of at least 4 members (excludes halogenated alkanes) is 1. The summed E-state index contributed by atoms with van der Waals surface area (Å²) in [6.45, 7) is 40.4. The lowest BCUT2D eigenvalue weighted by Gasteiger charge is -2.22. The van der Waals surface area contributed by atoms with Gasteiger partial charge in [-0.05, 0) is 36.1 Å². The average molecular weight is 626 g/mol. The van der Waals surface area contributed by atoms with Crippen LogP contribution >= 0.6 is 0 Å². The average Bonchev–Trinajstić information content (AvgIpc) is 3.63. The van der Waals surface area contributed by atoms with Gasteiger partial charge in [0.25, 0.3) is 0 Å². The molecule has 5 heteroatoms. The zero-order valence-electron chi connectivity index (χ0n) is 32.5. The number of hydrogen-bond donors (Lipinski definition) is 1. The van der Waals surface area contributed by atoms with Gasteiger partial charge in [-0.2, -0.15) is 0 Å². The largest absolute Gasteiger partial charge is 0.508 e. The summed E-state index contributed by atoms with van der Waals surface area (Å²) in [5.41, 5.74) is 4.40. The predicted molar refractivity (Wildman–Crippen MR) is 205 cm³/mol. The lowest BCUT2D eigenvalue weighted by Crippen LogP contribution is -2.22. The van der Waals surface area contributed by atoms with Gasteiger partial charge in [-0.1, -0.05) is 137 Å². The molecule has 2 aromatic heterocycles. The first kappa shape index (κ1) is 46.3. The van der Waals surface area contributed by atoms with E-state index < -0.39 is 5.41 Å². The molecule has 1 aliphatic rings. The monoisotopic (exact) mass is 626 g/mol. The van der Waals surface area contributed by atoms with Crippen LogP contribution in [-0.4, -0.2) is 33.5 Å². The molecule has 0 aliphatic carbocycles. The maximum atomic E-state index is 13.1. The van der Waals surface area contributed by atoms with E-state index in [1.54, 1.807) is 12.3 Å². The number of anilines is 1. The summed E-state index contributed by atoms with van der Waals surface area (Å²) in [5, 5.41) is 10.4. The Kier molecular flexibility index (Phi) is 24.9. The number of hydrogen-bond acceptors (Lipinski definition) is 4. The summed E-state index contributed by atoms with van der Waals surface area (Å²) in [6, 6.07) is 9.51. The number of aromatic hydroxyl groups is 1. The van der Waals surface area contributed by atoms with Gasteiger partial charge in [0, 0.05) is 48.2 Å². The Morgan fingerprint density at radius 2 is 1.47 bits per heavy atom. The predicted octanol–water partition coefficient (Wildman–Crippen LogP) is 12.9. The smallest absolute Gasteiger partial charge is 0.171 e. The van der Waals surface area contributed by atoms with E-state index in [0.717, 1.165) is 42.0 Å². The van der Waals surface area contributed by atoms with Crippen LogP contribution in [0.5, 0.6) is 5.75 Å². The van der Waals surface area contributed by atoms with Gasteiger partial charge in [0.2, 0.25) is 0 Å². The fourth-order valence-corrected chi connectivity index (χ4v) is 4.27. The minimum Gasteiger partial charge on any atom is -0.508 e. The van der Waals surface area contributed by atoms with Crippen molar-refractivity contribution in [1.82, 2.24) is 9.55 Å². The maximum Gasteiger partial charge on any atom is 0.171 e. The van der Waals surface area contributed by atoms with Crippen molar-refractivity contribution in [2.24, 2.45) is 10.8 Å². The van der Waals surface area contributed by atoms with Gasteiger partial charge in [0.1, 0.15) is 5.75 Å². The Hall–Kier alpha value is -3.08. The van der Waals surface area contributed by atoms with E-state index in [9.17, 15) is 9.90 Å². The van der Waals surface area contributed by atoms with E-state index in [2.05, 4.69) is 45.2 Å². The van der Waals surface area contributed by atoms with Gasteiger partial charge >= 0.3 is 0 Å². The number of fused-ring (bicyclic) bond motifs is 1. The topological polar surface area (TPSA) is 58.4 Å².